The largest absolute Gasteiger partial charge is 0.340 e. The van der Waals surface area contributed by atoms with E-state index >= 15 is 0 Å². The van der Waals surface area contributed by atoms with Crippen molar-refractivity contribution in [1.29, 1.82) is 0 Å². The molecule has 140 valence electrons. The number of benzene rings is 1. The second-order valence-electron chi connectivity index (χ2n) is 7.32. The molecule has 0 aromatic heterocycles. The predicted molar refractivity (Wildman–Crippen MR) is 93.5 cm³/mol. The second kappa shape index (κ2) is 7.05. The van der Waals surface area contributed by atoms with Gasteiger partial charge in [0.05, 0.1) is 0 Å². The van der Waals surface area contributed by atoms with Crippen LogP contribution in [-0.2, 0) is 16.1 Å². The van der Waals surface area contributed by atoms with Gasteiger partial charge in [-0.25, -0.2) is 9.18 Å². The van der Waals surface area contributed by atoms with Crippen LogP contribution < -0.4 is 5.32 Å². The van der Waals surface area contributed by atoms with Gasteiger partial charge in [-0.1, -0.05) is 31.9 Å². The molecule has 3 rings (SSSR count). The first-order chi connectivity index (χ1) is 12.3. The van der Waals surface area contributed by atoms with Crippen LogP contribution in [0.5, 0.6) is 0 Å². The summed E-state index contributed by atoms with van der Waals surface area (Å²) in [6.07, 6.45) is 3.43. The van der Waals surface area contributed by atoms with E-state index in [0.717, 1.165) is 24.2 Å². The standard InChI is InChI=1S/C19H24FN3O3/c1-13-6-3-4-9-19(13)17(25)23(18(26)21-19)12-16(24)22(2)11-14-7-5-8-15(20)10-14/h5,7-8,10,13H,3-4,6,9,11-12H2,1-2H3,(H,21,26)/t13-,19+/m0/s1. The van der Waals surface area contributed by atoms with Crippen molar-refractivity contribution in [2.75, 3.05) is 13.6 Å². The molecule has 2 aliphatic rings. The van der Waals surface area contributed by atoms with Crippen LogP contribution >= 0.6 is 0 Å². The fraction of sp³-hybridized carbons (Fsp3) is 0.526. The van der Waals surface area contributed by atoms with E-state index in [1.54, 1.807) is 19.2 Å². The quantitative estimate of drug-likeness (QED) is 0.837. The molecule has 1 spiro atoms. The van der Waals surface area contributed by atoms with Gasteiger partial charge in [-0.3, -0.25) is 14.5 Å². The number of rotatable bonds is 4. The molecule has 1 heterocycles. The van der Waals surface area contributed by atoms with Gasteiger partial charge in [-0.15, -0.1) is 0 Å². The Morgan fingerprint density at radius 3 is 2.85 bits per heavy atom. The van der Waals surface area contributed by atoms with E-state index in [1.165, 1.54) is 17.0 Å². The zero-order valence-electron chi connectivity index (χ0n) is 15.1. The Bertz CT molecular complexity index is 738. The number of urea groups is 1. The molecule has 0 bridgehead atoms. The summed E-state index contributed by atoms with van der Waals surface area (Å²) in [5, 5.41) is 2.84. The number of hydrogen-bond acceptors (Lipinski definition) is 3. The van der Waals surface area contributed by atoms with Gasteiger partial charge in [0, 0.05) is 13.6 Å². The molecule has 1 aliphatic heterocycles. The number of amides is 4. The maximum Gasteiger partial charge on any atom is 0.325 e. The molecule has 1 saturated carbocycles. The molecule has 1 aliphatic carbocycles. The highest BCUT2D eigenvalue weighted by atomic mass is 19.1. The van der Waals surface area contributed by atoms with Crippen molar-refractivity contribution in [1.82, 2.24) is 15.1 Å². The zero-order chi connectivity index (χ0) is 18.9. The number of likely N-dealkylation sites (N-methyl/N-ethyl adjacent to an activating group) is 1. The summed E-state index contributed by atoms with van der Waals surface area (Å²) < 4.78 is 13.3. The Morgan fingerprint density at radius 2 is 2.15 bits per heavy atom. The maximum absolute atomic E-state index is 13.3. The topological polar surface area (TPSA) is 69.7 Å². The minimum absolute atomic E-state index is 0.0535. The molecule has 1 N–H and O–H groups in total. The van der Waals surface area contributed by atoms with Gasteiger partial charge >= 0.3 is 6.03 Å². The molecule has 7 heteroatoms. The van der Waals surface area contributed by atoms with Gasteiger partial charge in [0.15, 0.2) is 0 Å². The number of carbonyl (C=O) groups excluding carboxylic acids is 3. The molecular formula is C19H24FN3O3. The predicted octanol–water partition coefficient (Wildman–Crippen LogP) is 2.28. The lowest BCUT2D eigenvalue weighted by atomic mass is 9.73. The molecule has 0 unspecified atom stereocenters. The first-order valence-corrected chi connectivity index (χ1v) is 8.96. The van der Waals surface area contributed by atoms with Crippen LogP contribution in [0.4, 0.5) is 9.18 Å². The molecule has 1 aromatic carbocycles. The lowest BCUT2D eigenvalue weighted by molar-refractivity contribution is -0.140. The minimum Gasteiger partial charge on any atom is -0.340 e. The third kappa shape index (κ3) is 3.30. The average Bonchev–Trinajstić information content (AvgIpc) is 2.82. The number of imide groups is 1. The smallest absolute Gasteiger partial charge is 0.325 e. The molecule has 2 atom stereocenters. The molecule has 26 heavy (non-hydrogen) atoms. The summed E-state index contributed by atoms with van der Waals surface area (Å²) in [5.41, 5.74) is -0.216. The lowest BCUT2D eigenvalue weighted by Crippen LogP contribution is -2.54. The van der Waals surface area contributed by atoms with E-state index in [2.05, 4.69) is 5.32 Å². The van der Waals surface area contributed by atoms with Crippen LogP contribution in [0.25, 0.3) is 0 Å². The molecule has 1 aromatic rings. The summed E-state index contributed by atoms with van der Waals surface area (Å²) in [7, 11) is 1.57. The number of halogens is 1. The van der Waals surface area contributed by atoms with Gasteiger partial charge in [-0.2, -0.15) is 0 Å². The van der Waals surface area contributed by atoms with Crippen LogP contribution in [0.1, 0.15) is 38.2 Å². The van der Waals surface area contributed by atoms with Crippen LogP contribution in [0.2, 0.25) is 0 Å². The van der Waals surface area contributed by atoms with E-state index in [9.17, 15) is 18.8 Å². The van der Waals surface area contributed by atoms with Gasteiger partial charge in [-0.05, 0) is 36.5 Å². The minimum atomic E-state index is -0.864. The average molecular weight is 361 g/mol. The van der Waals surface area contributed by atoms with Gasteiger partial charge < -0.3 is 10.2 Å². The van der Waals surface area contributed by atoms with Gasteiger partial charge in [0.1, 0.15) is 17.9 Å². The number of nitrogens with one attached hydrogen (secondary N) is 1. The Kier molecular flexibility index (Phi) is 4.98. The second-order valence-corrected chi connectivity index (χ2v) is 7.32. The number of carbonyl (C=O) groups is 3. The van der Waals surface area contributed by atoms with Crippen molar-refractivity contribution in [2.24, 2.45) is 5.92 Å². The van der Waals surface area contributed by atoms with Crippen molar-refractivity contribution in [2.45, 2.75) is 44.7 Å². The van der Waals surface area contributed by atoms with Crippen molar-refractivity contribution >= 4 is 17.8 Å². The Balaban J connectivity index is 1.67. The molecule has 1 saturated heterocycles. The number of nitrogens with zero attached hydrogens (tertiary/aromatic N) is 2. The SMILES string of the molecule is C[C@H]1CCCC[C@@]12NC(=O)N(CC(=O)N(C)Cc1cccc(F)c1)C2=O. The summed E-state index contributed by atoms with van der Waals surface area (Å²) in [6, 6.07) is 5.49. The third-order valence-corrected chi connectivity index (χ3v) is 5.53. The van der Waals surface area contributed by atoms with Crippen molar-refractivity contribution in [3.8, 4) is 0 Å². The summed E-state index contributed by atoms with van der Waals surface area (Å²) in [4.78, 5) is 40.1. The van der Waals surface area contributed by atoms with E-state index in [4.69, 9.17) is 0 Å². The highest BCUT2D eigenvalue weighted by Crippen LogP contribution is 2.38. The Hall–Kier alpha value is -2.44. The molecule has 6 nitrogen and oxygen atoms in total. The first kappa shape index (κ1) is 18.4. The van der Waals surface area contributed by atoms with Crippen molar-refractivity contribution in [3.05, 3.63) is 35.6 Å². The summed E-state index contributed by atoms with van der Waals surface area (Å²) in [6.45, 7) is 1.88. The highest BCUT2D eigenvalue weighted by molar-refractivity contribution is 6.09. The summed E-state index contributed by atoms with van der Waals surface area (Å²) in [5.74, 6) is -0.982. The van der Waals surface area contributed by atoms with Crippen LogP contribution in [0.3, 0.4) is 0 Å². The van der Waals surface area contributed by atoms with Crippen molar-refractivity contribution < 1.29 is 18.8 Å². The first-order valence-electron chi connectivity index (χ1n) is 8.96. The number of hydrogen-bond donors (Lipinski definition) is 1. The molecule has 2 fully saturated rings. The zero-order valence-corrected chi connectivity index (χ0v) is 15.1. The van der Waals surface area contributed by atoms with Gasteiger partial charge in [0.2, 0.25) is 5.91 Å². The van der Waals surface area contributed by atoms with Crippen LogP contribution in [-0.4, -0.2) is 46.8 Å². The molecular weight excluding hydrogens is 337 g/mol. The highest BCUT2D eigenvalue weighted by Gasteiger charge is 2.55. The lowest BCUT2D eigenvalue weighted by Gasteiger charge is -2.36. The van der Waals surface area contributed by atoms with E-state index < -0.39 is 11.6 Å². The van der Waals surface area contributed by atoms with Crippen molar-refractivity contribution in [3.63, 3.8) is 0 Å². The molecule has 4 amide bonds. The molecule has 0 radical (unpaired) electrons. The monoisotopic (exact) mass is 361 g/mol. The Morgan fingerprint density at radius 1 is 1.38 bits per heavy atom. The van der Waals surface area contributed by atoms with Gasteiger partial charge in [0.25, 0.3) is 5.91 Å². The Labute approximate surface area is 152 Å². The van der Waals surface area contributed by atoms with E-state index in [0.29, 0.717) is 12.0 Å². The van der Waals surface area contributed by atoms with Crippen LogP contribution in [0.15, 0.2) is 24.3 Å². The fourth-order valence-electron chi connectivity index (χ4n) is 3.89. The van der Waals surface area contributed by atoms with E-state index in [-0.39, 0.29) is 36.6 Å². The normalized spacial score (nSPS) is 25.5. The third-order valence-electron chi connectivity index (χ3n) is 5.53. The van der Waals surface area contributed by atoms with Crippen LogP contribution in [0, 0.1) is 11.7 Å². The van der Waals surface area contributed by atoms with E-state index in [1.807, 2.05) is 6.92 Å². The maximum atomic E-state index is 13.3. The summed E-state index contributed by atoms with van der Waals surface area (Å²) >= 11 is 0. The fourth-order valence-corrected chi connectivity index (χ4v) is 3.89.